The average molecular weight is 188 g/mol. The lowest BCUT2D eigenvalue weighted by molar-refractivity contribution is -0.137. The van der Waals surface area contributed by atoms with Gasteiger partial charge in [0, 0.05) is 0 Å². The summed E-state index contributed by atoms with van der Waals surface area (Å²) >= 11 is 0. The normalized spacial score (nSPS) is 21.6. The van der Waals surface area contributed by atoms with E-state index in [4.69, 9.17) is 4.74 Å². The molecule has 1 heterocycles. The van der Waals surface area contributed by atoms with Gasteiger partial charge >= 0.3 is 6.18 Å². The molecule has 1 aromatic rings. The molecule has 4 heteroatoms. The molecule has 0 unspecified atom stereocenters. The molecule has 1 fully saturated rings. The van der Waals surface area contributed by atoms with Crippen molar-refractivity contribution in [1.29, 1.82) is 0 Å². The van der Waals surface area contributed by atoms with Gasteiger partial charge in [0.1, 0.15) is 6.10 Å². The maximum absolute atomic E-state index is 12.1. The van der Waals surface area contributed by atoms with Gasteiger partial charge in [-0.1, -0.05) is 12.1 Å². The third-order valence-corrected chi connectivity index (χ3v) is 1.94. The predicted molar refractivity (Wildman–Crippen MR) is 40.1 cm³/mol. The van der Waals surface area contributed by atoms with Gasteiger partial charge in [0.05, 0.1) is 12.2 Å². The Morgan fingerprint density at radius 1 is 1.15 bits per heavy atom. The van der Waals surface area contributed by atoms with Crippen LogP contribution in [0.5, 0.6) is 0 Å². The van der Waals surface area contributed by atoms with Crippen molar-refractivity contribution in [2.75, 3.05) is 6.61 Å². The Morgan fingerprint density at radius 3 is 2.08 bits per heavy atom. The zero-order chi connectivity index (χ0) is 9.47. The summed E-state index contributed by atoms with van der Waals surface area (Å²) in [6.07, 6.45) is -4.23. The second kappa shape index (κ2) is 2.73. The number of ether oxygens (including phenoxy) is 1. The maximum Gasteiger partial charge on any atom is 0.416 e. The Labute approximate surface area is 73.1 Å². The second-order valence-corrected chi connectivity index (χ2v) is 2.94. The smallest absolute Gasteiger partial charge is 0.368 e. The number of epoxide rings is 1. The number of benzene rings is 1. The minimum absolute atomic E-state index is 0.0160. The highest BCUT2D eigenvalue weighted by molar-refractivity contribution is 5.27. The summed E-state index contributed by atoms with van der Waals surface area (Å²) in [5.74, 6) is 0. The van der Waals surface area contributed by atoms with Crippen molar-refractivity contribution in [1.82, 2.24) is 0 Å². The molecular weight excluding hydrogens is 181 g/mol. The molecule has 0 bridgehead atoms. The van der Waals surface area contributed by atoms with Crippen molar-refractivity contribution in [2.45, 2.75) is 12.3 Å². The van der Waals surface area contributed by atoms with Gasteiger partial charge in [-0.05, 0) is 17.7 Å². The lowest BCUT2D eigenvalue weighted by atomic mass is 10.1. The van der Waals surface area contributed by atoms with Gasteiger partial charge in [-0.2, -0.15) is 13.2 Å². The first-order chi connectivity index (χ1) is 6.07. The highest BCUT2D eigenvalue weighted by Gasteiger charge is 2.31. The minimum Gasteiger partial charge on any atom is -0.368 e. The molecule has 1 saturated heterocycles. The summed E-state index contributed by atoms with van der Waals surface area (Å²) in [4.78, 5) is 0. The molecule has 0 spiro atoms. The number of hydrogen-bond donors (Lipinski definition) is 0. The Balaban J connectivity index is 2.22. The van der Waals surface area contributed by atoms with E-state index < -0.39 is 11.7 Å². The average Bonchev–Trinajstić information content (AvgIpc) is 2.85. The predicted octanol–water partition coefficient (Wildman–Crippen LogP) is 2.78. The third-order valence-electron chi connectivity index (χ3n) is 1.94. The molecule has 0 aliphatic carbocycles. The van der Waals surface area contributed by atoms with Gasteiger partial charge in [0.15, 0.2) is 0 Å². The van der Waals surface area contributed by atoms with Crippen LogP contribution in [0.2, 0.25) is 0 Å². The first kappa shape index (κ1) is 8.56. The van der Waals surface area contributed by atoms with E-state index in [1.807, 2.05) is 0 Å². The number of halogens is 3. The Bertz CT molecular complexity index is 298. The van der Waals surface area contributed by atoms with Gasteiger partial charge in [-0.3, -0.25) is 0 Å². The first-order valence-corrected chi connectivity index (χ1v) is 3.86. The standard InChI is InChI=1S/C9H7F3O/c10-9(11,12)7-3-1-6(2-4-7)8-5-13-8/h1-4,8H,5H2/t8-/m1/s1. The summed E-state index contributed by atoms with van der Waals surface area (Å²) < 4.78 is 41.3. The SMILES string of the molecule is FC(F)(F)c1ccc([C@H]2CO2)cc1. The molecule has 1 atom stereocenters. The molecule has 0 N–H and O–H groups in total. The first-order valence-electron chi connectivity index (χ1n) is 3.86. The molecule has 1 aromatic carbocycles. The van der Waals surface area contributed by atoms with E-state index in [-0.39, 0.29) is 6.10 Å². The molecule has 1 aliphatic rings. The van der Waals surface area contributed by atoms with Crippen LogP contribution in [0, 0.1) is 0 Å². The van der Waals surface area contributed by atoms with Crippen LogP contribution < -0.4 is 0 Å². The van der Waals surface area contributed by atoms with E-state index in [1.54, 1.807) is 0 Å². The lowest BCUT2D eigenvalue weighted by Gasteiger charge is -2.06. The maximum atomic E-state index is 12.1. The molecular formula is C9H7F3O. The summed E-state index contributed by atoms with van der Waals surface area (Å²) in [5.41, 5.74) is 0.199. The van der Waals surface area contributed by atoms with Gasteiger partial charge in [0.2, 0.25) is 0 Å². The molecule has 0 radical (unpaired) electrons. The van der Waals surface area contributed by atoms with Crippen LogP contribution in [0.3, 0.4) is 0 Å². The lowest BCUT2D eigenvalue weighted by Crippen LogP contribution is -2.04. The minimum atomic E-state index is -4.25. The van der Waals surface area contributed by atoms with Crippen molar-refractivity contribution in [3.8, 4) is 0 Å². The Hall–Kier alpha value is -1.03. The van der Waals surface area contributed by atoms with Crippen molar-refractivity contribution in [3.05, 3.63) is 35.4 Å². The Kier molecular flexibility index (Phi) is 1.80. The van der Waals surface area contributed by atoms with Crippen LogP contribution in [-0.4, -0.2) is 6.61 Å². The van der Waals surface area contributed by atoms with Crippen molar-refractivity contribution >= 4 is 0 Å². The van der Waals surface area contributed by atoms with Crippen LogP contribution in [0.1, 0.15) is 17.2 Å². The molecule has 2 rings (SSSR count). The summed E-state index contributed by atoms with van der Waals surface area (Å²) in [6.45, 7) is 0.616. The van der Waals surface area contributed by atoms with Gasteiger partial charge < -0.3 is 4.74 Å². The van der Waals surface area contributed by atoms with Gasteiger partial charge in [0.25, 0.3) is 0 Å². The van der Waals surface area contributed by atoms with Gasteiger partial charge in [-0.15, -0.1) is 0 Å². The van der Waals surface area contributed by atoms with E-state index in [2.05, 4.69) is 0 Å². The largest absolute Gasteiger partial charge is 0.416 e. The van der Waals surface area contributed by atoms with Crippen molar-refractivity contribution in [2.24, 2.45) is 0 Å². The van der Waals surface area contributed by atoms with Crippen molar-refractivity contribution in [3.63, 3.8) is 0 Å². The molecule has 1 aliphatic heterocycles. The number of hydrogen-bond acceptors (Lipinski definition) is 1. The monoisotopic (exact) mass is 188 g/mol. The quantitative estimate of drug-likeness (QED) is 0.617. The topological polar surface area (TPSA) is 12.5 Å². The van der Waals surface area contributed by atoms with E-state index >= 15 is 0 Å². The fourth-order valence-corrected chi connectivity index (χ4v) is 1.13. The van der Waals surface area contributed by atoms with Crippen LogP contribution in [0.15, 0.2) is 24.3 Å². The van der Waals surface area contributed by atoms with Crippen LogP contribution >= 0.6 is 0 Å². The summed E-state index contributed by atoms with van der Waals surface area (Å²) in [6, 6.07) is 5.08. The molecule has 13 heavy (non-hydrogen) atoms. The third kappa shape index (κ3) is 1.83. The number of alkyl halides is 3. The summed E-state index contributed by atoms with van der Waals surface area (Å²) in [7, 11) is 0. The van der Waals surface area contributed by atoms with Crippen molar-refractivity contribution < 1.29 is 17.9 Å². The molecule has 70 valence electrons. The fourth-order valence-electron chi connectivity index (χ4n) is 1.13. The summed E-state index contributed by atoms with van der Waals surface area (Å²) in [5, 5.41) is 0. The molecule has 0 saturated carbocycles. The Morgan fingerprint density at radius 2 is 1.69 bits per heavy atom. The molecule has 0 aromatic heterocycles. The number of rotatable bonds is 1. The van der Waals surface area contributed by atoms with E-state index in [0.29, 0.717) is 6.61 Å². The van der Waals surface area contributed by atoms with Crippen LogP contribution in [0.4, 0.5) is 13.2 Å². The highest BCUT2D eigenvalue weighted by atomic mass is 19.4. The van der Waals surface area contributed by atoms with Gasteiger partial charge in [-0.25, -0.2) is 0 Å². The van der Waals surface area contributed by atoms with E-state index in [0.717, 1.165) is 17.7 Å². The molecule has 0 amide bonds. The zero-order valence-electron chi connectivity index (χ0n) is 6.64. The van der Waals surface area contributed by atoms with Crippen LogP contribution in [0.25, 0.3) is 0 Å². The zero-order valence-corrected chi connectivity index (χ0v) is 6.64. The van der Waals surface area contributed by atoms with Crippen LogP contribution in [-0.2, 0) is 10.9 Å². The molecule has 1 nitrogen and oxygen atoms in total. The fraction of sp³-hybridized carbons (Fsp3) is 0.333. The highest BCUT2D eigenvalue weighted by Crippen LogP contribution is 2.33. The van der Waals surface area contributed by atoms with E-state index in [9.17, 15) is 13.2 Å². The second-order valence-electron chi connectivity index (χ2n) is 2.94. The van der Waals surface area contributed by atoms with E-state index in [1.165, 1.54) is 12.1 Å².